The second kappa shape index (κ2) is 9.78. The van der Waals surface area contributed by atoms with Gasteiger partial charge >= 0.3 is 5.97 Å². The number of hydrogen-bond acceptors (Lipinski definition) is 8. The van der Waals surface area contributed by atoms with Crippen LogP contribution in [-0.4, -0.2) is 23.8 Å². The van der Waals surface area contributed by atoms with E-state index in [2.05, 4.69) is 11.1 Å². The number of thioether (sulfide) groups is 1. The van der Waals surface area contributed by atoms with Crippen LogP contribution in [0.1, 0.15) is 28.3 Å². The number of aromatic nitrogens is 1. The van der Waals surface area contributed by atoms with E-state index >= 15 is 0 Å². The number of nitrogens with zero attached hydrogens (tertiary/aromatic N) is 3. The van der Waals surface area contributed by atoms with Gasteiger partial charge in [0.1, 0.15) is 28.5 Å². The molecule has 7 nitrogen and oxygen atoms in total. The molecule has 0 saturated carbocycles. The lowest BCUT2D eigenvalue weighted by atomic mass is 9.83. The Kier molecular flexibility index (Phi) is 7.09. The first-order valence-electron chi connectivity index (χ1n) is 9.46. The summed E-state index contributed by atoms with van der Waals surface area (Å²) in [5.41, 5.74) is 8.99. The Labute approximate surface area is 195 Å². The van der Waals surface area contributed by atoms with Crippen LogP contribution in [0.3, 0.4) is 0 Å². The molecule has 0 bridgehead atoms. The first-order valence-corrected chi connectivity index (χ1v) is 10.8. The molecule has 9 heteroatoms. The molecule has 3 rings (SSSR count). The third-order valence-electron chi connectivity index (χ3n) is 4.87. The third kappa shape index (κ3) is 4.57. The van der Waals surface area contributed by atoms with Crippen LogP contribution in [0.4, 0.5) is 0 Å². The number of allylic oxidation sites excluding steroid dienone is 1. The van der Waals surface area contributed by atoms with Gasteiger partial charge in [-0.1, -0.05) is 35.5 Å². The minimum Gasteiger partial charge on any atom is -0.466 e. The van der Waals surface area contributed by atoms with E-state index < -0.39 is 11.9 Å². The molecule has 0 amide bonds. The van der Waals surface area contributed by atoms with Crippen molar-refractivity contribution < 1.29 is 14.3 Å². The highest BCUT2D eigenvalue weighted by atomic mass is 35.5. The first-order chi connectivity index (χ1) is 15.3. The molecule has 1 aliphatic heterocycles. The molecule has 1 atom stereocenters. The van der Waals surface area contributed by atoms with Crippen molar-refractivity contribution in [1.29, 1.82) is 10.5 Å². The van der Waals surface area contributed by atoms with E-state index in [1.807, 2.05) is 26.0 Å². The van der Waals surface area contributed by atoms with Crippen molar-refractivity contribution in [3.63, 3.8) is 0 Å². The molecule has 1 aromatic heterocycles. The van der Waals surface area contributed by atoms with Crippen LogP contribution in [0, 0.1) is 36.5 Å². The maximum Gasteiger partial charge on any atom is 0.338 e. The summed E-state index contributed by atoms with van der Waals surface area (Å²) in [5, 5.41) is 20.3. The van der Waals surface area contributed by atoms with Crippen molar-refractivity contribution in [2.45, 2.75) is 24.8 Å². The summed E-state index contributed by atoms with van der Waals surface area (Å²) in [7, 11) is 1.26. The minimum absolute atomic E-state index is 0.0930. The molecule has 0 aliphatic carbocycles. The smallest absolute Gasteiger partial charge is 0.338 e. The van der Waals surface area contributed by atoms with Crippen LogP contribution in [0.2, 0.25) is 5.02 Å². The fourth-order valence-corrected chi connectivity index (χ4v) is 4.59. The van der Waals surface area contributed by atoms with Crippen molar-refractivity contribution >= 4 is 29.3 Å². The van der Waals surface area contributed by atoms with Gasteiger partial charge in [0.25, 0.3) is 0 Å². The molecule has 2 heterocycles. The normalized spacial score (nSPS) is 15.6. The molecule has 0 radical (unpaired) electrons. The average molecular weight is 467 g/mol. The van der Waals surface area contributed by atoms with E-state index in [-0.39, 0.29) is 28.5 Å². The van der Waals surface area contributed by atoms with E-state index in [9.17, 15) is 15.3 Å². The van der Waals surface area contributed by atoms with Gasteiger partial charge in [-0.05, 0) is 43.2 Å². The number of nitrogens with two attached hydrogens (primary N) is 1. The molecule has 1 aliphatic rings. The minimum atomic E-state index is -0.781. The highest BCUT2D eigenvalue weighted by molar-refractivity contribution is 7.99. The van der Waals surface area contributed by atoms with Gasteiger partial charge in [-0.15, -0.1) is 0 Å². The monoisotopic (exact) mass is 466 g/mol. The third-order valence-corrected chi connectivity index (χ3v) is 6.10. The lowest BCUT2D eigenvalue weighted by molar-refractivity contribution is -0.136. The van der Waals surface area contributed by atoms with Crippen LogP contribution >= 0.6 is 23.4 Å². The fraction of sp³-hybridized carbons (Fsp3) is 0.217. The predicted octanol–water partition coefficient (Wildman–Crippen LogP) is 4.25. The summed E-state index contributed by atoms with van der Waals surface area (Å²) in [5.74, 6) is -1.13. The largest absolute Gasteiger partial charge is 0.466 e. The number of rotatable bonds is 5. The summed E-state index contributed by atoms with van der Waals surface area (Å²) in [6, 6.07) is 12.8. The summed E-state index contributed by atoms with van der Waals surface area (Å²) < 4.78 is 10.7. The topological polar surface area (TPSA) is 122 Å². The Bertz CT molecular complexity index is 1220. The predicted molar refractivity (Wildman–Crippen MR) is 120 cm³/mol. The van der Waals surface area contributed by atoms with Gasteiger partial charge in [0.05, 0.1) is 29.9 Å². The van der Waals surface area contributed by atoms with Crippen LogP contribution in [0.5, 0.6) is 0 Å². The number of carbonyl (C=O) groups excluding carboxylic acids is 1. The van der Waals surface area contributed by atoms with Gasteiger partial charge in [0.15, 0.2) is 0 Å². The SMILES string of the molecule is COC(=O)C1=C(CSc2nc(C)cc(C)c2C#N)OC(N)=C(C#N)[C@H]1c1ccc(Cl)cc1. The number of nitriles is 2. The van der Waals surface area contributed by atoms with Crippen molar-refractivity contribution in [2.24, 2.45) is 5.73 Å². The molecule has 162 valence electrons. The molecule has 1 aromatic carbocycles. The number of hydrogen-bond donors (Lipinski definition) is 1. The van der Waals surface area contributed by atoms with Crippen molar-refractivity contribution in [3.8, 4) is 12.1 Å². The highest BCUT2D eigenvalue weighted by Gasteiger charge is 2.37. The zero-order chi connectivity index (χ0) is 23.4. The second-order valence-corrected chi connectivity index (χ2v) is 8.37. The number of ether oxygens (including phenoxy) is 2. The summed E-state index contributed by atoms with van der Waals surface area (Å²) in [6.07, 6.45) is 0. The van der Waals surface area contributed by atoms with E-state index in [1.165, 1.54) is 18.9 Å². The van der Waals surface area contributed by atoms with E-state index in [0.717, 1.165) is 11.3 Å². The van der Waals surface area contributed by atoms with Crippen molar-refractivity contribution in [3.05, 3.63) is 80.5 Å². The Hall–Kier alpha value is -3.46. The van der Waals surface area contributed by atoms with Gasteiger partial charge < -0.3 is 15.2 Å². The van der Waals surface area contributed by atoms with Gasteiger partial charge in [-0.3, -0.25) is 0 Å². The maximum atomic E-state index is 12.8. The molecule has 32 heavy (non-hydrogen) atoms. The number of halogens is 1. The number of methoxy groups -OCH3 is 1. The lowest BCUT2D eigenvalue weighted by Gasteiger charge is -2.28. The molecule has 2 aromatic rings. The zero-order valence-electron chi connectivity index (χ0n) is 17.6. The standard InChI is InChI=1S/C23H19ClN4O3S/c1-12-8-13(2)28-22(16(12)9-25)32-11-18-20(23(29)30-3)19(17(10-26)21(27)31-18)14-4-6-15(24)7-5-14/h4-8,19H,11,27H2,1-3H3/t19-/m1/s1. The number of pyridine rings is 1. The number of aryl methyl sites for hydroxylation is 2. The molecular formula is C23H19ClN4O3S. The van der Waals surface area contributed by atoms with Gasteiger partial charge in [0.2, 0.25) is 5.88 Å². The molecule has 0 fully saturated rings. The van der Waals surface area contributed by atoms with Gasteiger partial charge in [-0.2, -0.15) is 10.5 Å². The van der Waals surface area contributed by atoms with Gasteiger partial charge in [0, 0.05) is 10.7 Å². The summed E-state index contributed by atoms with van der Waals surface area (Å²) in [6.45, 7) is 3.68. The summed E-state index contributed by atoms with van der Waals surface area (Å²) in [4.78, 5) is 17.3. The van der Waals surface area contributed by atoms with Crippen molar-refractivity contribution in [2.75, 3.05) is 12.9 Å². The molecule has 0 saturated heterocycles. The maximum absolute atomic E-state index is 12.8. The Morgan fingerprint density at radius 1 is 1.28 bits per heavy atom. The quantitative estimate of drug-likeness (QED) is 0.512. The molecule has 0 unspecified atom stereocenters. The Morgan fingerprint density at radius 2 is 1.97 bits per heavy atom. The first kappa shape index (κ1) is 23.2. The number of benzene rings is 1. The fourth-order valence-electron chi connectivity index (χ4n) is 3.42. The van der Waals surface area contributed by atoms with Crippen LogP contribution in [0.25, 0.3) is 0 Å². The van der Waals surface area contributed by atoms with Crippen LogP contribution in [0.15, 0.2) is 58.1 Å². The van der Waals surface area contributed by atoms with Crippen LogP contribution < -0.4 is 5.73 Å². The lowest BCUT2D eigenvalue weighted by Crippen LogP contribution is -2.26. The average Bonchev–Trinajstić information content (AvgIpc) is 2.77. The van der Waals surface area contributed by atoms with E-state index in [4.69, 9.17) is 26.8 Å². The second-order valence-electron chi connectivity index (χ2n) is 6.97. The Balaban J connectivity index is 2.10. The van der Waals surface area contributed by atoms with Crippen LogP contribution in [-0.2, 0) is 14.3 Å². The van der Waals surface area contributed by atoms with Gasteiger partial charge in [-0.25, -0.2) is 9.78 Å². The summed E-state index contributed by atoms with van der Waals surface area (Å²) >= 11 is 7.25. The Morgan fingerprint density at radius 3 is 2.56 bits per heavy atom. The molecular weight excluding hydrogens is 448 g/mol. The highest BCUT2D eigenvalue weighted by Crippen LogP contribution is 2.41. The zero-order valence-corrected chi connectivity index (χ0v) is 19.2. The number of esters is 1. The number of carbonyl (C=O) groups is 1. The van der Waals surface area contributed by atoms with E-state index in [1.54, 1.807) is 24.3 Å². The van der Waals surface area contributed by atoms with Crippen molar-refractivity contribution in [1.82, 2.24) is 4.98 Å². The van der Waals surface area contributed by atoms with E-state index in [0.29, 0.717) is 21.2 Å². The molecule has 0 spiro atoms. The molecule has 2 N–H and O–H groups in total.